The quantitative estimate of drug-likeness (QED) is 0.420. The van der Waals surface area contributed by atoms with E-state index in [-0.39, 0.29) is 6.54 Å². The van der Waals surface area contributed by atoms with Gasteiger partial charge in [0.15, 0.2) is 0 Å². The van der Waals surface area contributed by atoms with E-state index in [2.05, 4.69) is 0 Å². The highest BCUT2D eigenvalue weighted by Gasteiger charge is 2.28. The van der Waals surface area contributed by atoms with Crippen molar-refractivity contribution in [2.45, 2.75) is 30.8 Å². The van der Waals surface area contributed by atoms with Crippen LogP contribution in [0.5, 0.6) is 0 Å². The second-order valence-electron chi connectivity index (χ2n) is 4.14. The second kappa shape index (κ2) is 6.68. The molecule has 0 amide bonds. The maximum atomic E-state index is 9.76. The standard InChI is InChI=1S/C12H20N2O3/c13-7-10(15)12(17)11(16)9(14)6-8-4-2-1-3-5-8/h1-5,9-12,15-17H,6-7,13-14H2. The molecular weight excluding hydrogens is 220 g/mol. The van der Waals surface area contributed by atoms with E-state index in [9.17, 15) is 15.3 Å². The van der Waals surface area contributed by atoms with E-state index in [0.717, 1.165) is 5.56 Å². The Balaban J connectivity index is 2.55. The van der Waals surface area contributed by atoms with Gasteiger partial charge in [0.1, 0.15) is 6.10 Å². The molecule has 0 heterocycles. The van der Waals surface area contributed by atoms with E-state index in [0.29, 0.717) is 6.42 Å². The van der Waals surface area contributed by atoms with Gasteiger partial charge in [-0.05, 0) is 12.0 Å². The van der Waals surface area contributed by atoms with Crippen molar-refractivity contribution in [2.75, 3.05) is 6.54 Å². The Bertz CT molecular complexity index is 321. The van der Waals surface area contributed by atoms with Crippen LogP contribution in [0.2, 0.25) is 0 Å². The molecular formula is C12H20N2O3. The van der Waals surface area contributed by atoms with E-state index in [4.69, 9.17) is 11.5 Å². The van der Waals surface area contributed by atoms with Crippen LogP contribution in [0.25, 0.3) is 0 Å². The molecule has 4 unspecified atom stereocenters. The molecule has 0 bridgehead atoms. The number of aliphatic hydroxyl groups excluding tert-OH is 3. The number of aliphatic hydroxyl groups is 3. The van der Waals surface area contributed by atoms with Gasteiger partial charge in [-0.25, -0.2) is 0 Å². The highest BCUT2D eigenvalue weighted by Crippen LogP contribution is 2.09. The molecule has 0 spiro atoms. The SMILES string of the molecule is NCC(O)C(O)C(O)C(N)Cc1ccccc1. The maximum Gasteiger partial charge on any atom is 0.108 e. The molecule has 0 aliphatic rings. The lowest BCUT2D eigenvalue weighted by molar-refractivity contribution is -0.0637. The van der Waals surface area contributed by atoms with Gasteiger partial charge in [-0.3, -0.25) is 0 Å². The number of hydrogen-bond donors (Lipinski definition) is 5. The first kappa shape index (κ1) is 14.1. The van der Waals surface area contributed by atoms with Crippen LogP contribution in [0, 0.1) is 0 Å². The van der Waals surface area contributed by atoms with Crippen LogP contribution in [-0.2, 0) is 6.42 Å². The number of benzene rings is 1. The van der Waals surface area contributed by atoms with Crippen molar-refractivity contribution in [3.8, 4) is 0 Å². The number of nitrogens with two attached hydrogens (primary N) is 2. The normalized spacial score (nSPS) is 18.4. The zero-order valence-electron chi connectivity index (χ0n) is 9.61. The molecule has 5 nitrogen and oxygen atoms in total. The fourth-order valence-corrected chi connectivity index (χ4v) is 1.63. The number of rotatable bonds is 6. The summed E-state index contributed by atoms with van der Waals surface area (Å²) >= 11 is 0. The molecule has 0 aliphatic carbocycles. The van der Waals surface area contributed by atoms with Gasteiger partial charge in [-0.1, -0.05) is 30.3 Å². The van der Waals surface area contributed by atoms with E-state index in [1.54, 1.807) is 0 Å². The molecule has 0 saturated carbocycles. The molecule has 1 aromatic rings. The van der Waals surface area contributed by atoms with Crippen LogP contribution >= 0.6 is 0 Å². The van der Waals surface area contributed by atoms with Crippen LogP contribution in [0.15, 0.2) is 30.3 Å². The largest absolute Gasteiger partial charge is 0.389 e. The fourth-order valence-electron chi connectivity index (χ4n) is 1.63. The lowest BCUT2D eigenvalue weighted by atomic mass is 9.96. The molecule has 1 aromatic carbocycles. The highest BCUT2D eigenvalue weighted by atomic mass is 16.4. The topological polar surface area (TPSA) is 113 Å². The predicted molar refractivity (Wildman–Crippen MR) is 65.2 cm³/mol. The first-order valence-corrected chi connectivity index (χ1v) is 5.60. The zero-order valence-corrected chi connectivity index (χ0v) is 9.61. The summed E-state index contributed by atoms with van der Waals surface area (Å²) in [4.78, 5) is 0. The molecule has 1 rings (SSSR count). The monoisotopic (exact) mass is 240 g/mol. The summed E-state index contributed by atoms with van der Waals surface area (Å²) in [6.07, 6.45) is -3.25. The van der Waals surface area contributed by atoms with E-state index >= 15 is 0 Å². The molecule has 4 atom stereocenters. The molecule has 96 valence electrons. The Morgan fingerprint density at radius 2 is 1.59 bits per heavy atom. The van der Waals surface area contributed by atoms with Gasteiger partial charge >= 0.3 is 0 Å². The highest BCUT2D eigenvalue weighted by molar-refractivity contribution is 5.16. The molecule has 0 aromatic heterocycles. The van der Waals surface area contributed by atoms with Crippen LogP contribution < -0.4 is 11.5 Å². The maximum absolute atomic E-state index is 9.76. The summed E-state index contributed by atoms with van der Waals surface area (Å²) in [5, 5.41) is 28.7. The van der Waals surface area contributed by atoms with Crippen LogP contribution in [0.3, 0.4) is 0 Å². The van der Waals surface area contributed by atoms with Gasteiger partial charge in [0.05, 0.1) is 12.2 Å². The molecule has 17 heavy (non-hydrogen) atoms. The molecule has 0 fully saturated rings. The van der Waals surface area contributed by atoms with Gasteiger partial charge in [0.2, 0.25) is 0 Å². The number of hydrogen-bond acceptors (Lipinski definition) is 5. The van der Waals surface area contributed by atoms with Crippen molar-refractivity contribution in [1.29, 1.82) is 0 Å². The zero-order chi connectivity index (χ0) is 12.8. The summed E-state index contributed by atoms with van der Waals surface area (Å²) in [6, 6.07) is 8.77. The van der Waals surface area contributed by atoms with Crippen molar-refractivity contribution in [1.82, 2.24) is 0 Å². The molecule has 5 heteroatoms. The summed E-state index contributed by atoms with van der Waals surface area (Å²) in [7, 11) is 0. The van der Waals surface area contributed by atoms with Crippen LogP contribution in [-0.4, -0.2) is 46.2 Å². The third-order valence-corrected chi connectivity index (χ3v) is 2.74. The third kappa shape index (κ3) is 4.07. The average molecular weight is 240 g/mol. The Labute approximate surface area is 101 Å². The molecule has 7 N–H and O–H groups in total. The molecule has 0 radical (unpaired) electrons. The first-order chi connectivity index (χ1) is 8.06. The Morgan fingerprint density at radius 1 is 1.00 bits per heavy atom. The van der Waals surface area contributed by atoms with Gasteiger partial charge < -0.3 is 26.8 Å². The van der Waals surface area contributed by atoms with Crippen molar-refractivity contribution in [3.63, 3.8) is 0 Å². The summed E-state index contributed by atoms with van der Waals surface area (Å²) in [6.45, 7) is -0.115. The van der Waals surface area contributed by atoms with Gasteiger partial charge in [0, 0.05) is 12.6 Å². The van der Waals surface area contributed by atoms with Crippen molar-refractivity contribution < 1.29 is 15.3 Å². The summed E-state index contributed by atoms with van der Waals surface area (Å²) < 4.78 is 0. The molecule has 0 saturated heterocycles. The van der Waals surface area contributed by atoms with Gasteiger partial charge in [-0.2, -0.15) is 0 Å². The van der Waals surface area contributed by atoms with Crippen LogP contribution in [0.4, 0.5) is 0 Å². The minimum absolute atomic E-state index is 0.115. The van der Waals surface area contributed by atoms with E-state index in [1.807, 2.05) is 30.3 Å². The lowest BCUT2D eigenvalue weighted by Crippen LogP contribution is -2.51. The molecule has 0 aliphatic heterocycles. The Kier molecular flexibility index (Phi) is 5.54. The van der Waals surface area contributed by atoms with Crippen molar-refractivity contribution in [2.24, 2.45) is 11.5 Å². The smallest absolute Gasteiger partial charge is 0.108 e. The van der Waals surface area contributed by atoms with E-state index < -0.39 is 24.4 Å². The van der Waals surface area contributed by atoms with Crippen molar-refractivity contribution >= 4 is 0 Å². The lowest BCUT2D eigenvalue weighted by Gasteiger charge is -2.26. The fraction of sp³-hybridized carbons (Fsp3) is 0.500. The van der Waals surface area contributed by atoms with Crippen LogP contribution in [0.1, 0.15) is 5.56 Å². The van der Waals surface area contributed by atoms with Gasteiger partial charge in [-0.15, -0.1) is 0 Å². The predicted octanol–water partition coefficient (Wildman–Crippen LogP) is -1.40. The Morgan fingerprint density at radius 3 is 2.12 bits per heavy atom. The minimum atomic E-state index is -1.32. The third-order valence-electron chi connectivity index (χ3n) is 2.74. The summed E-state index contributed by atoms with van der Waals surface area (Å²) in [5.41, 5.74) is 11.9. The van der Waals surface area contributed by atoms with Crippen molar-refractivity contribution in [3.05, 3.63) is 35.9 Å². The average Bonchev–Trinajstić information content (AvgIpc) is 2.37. The van der Waals surface area contributed by atoms with E-state index in [1.165, 1.54) is 0 Å². The first-order valence-electron chi connectivity index (χ1n) is 5.60. The Hall–Kier alpha value is -0.980. The minimum Gasteiger partial charge on any atom is -0.389 e. The second-order valence-corrected chi connectivity index (χ2v) is 4.14. The van der Waals surface area contributed by atoms with Gasteiger partial charge in [0.25, 0.3) is 0 Å². The summed E-state index contributed by atoms with van der Waals surface area (Å²) in [5.74, 6) is 0.